The molecule has 0 N–H and O–H groups in total. The average molecular weight is 295 g/mol. The minimum absolute atomic E-state index is 0.0166. The molecular weight excluding hydrogens is 280 g/mol. The lowest BCUT2D eigenvalue weighted by Gasteiger charge is -2.15. The van der Waals surface area contributed by atoms with Crippen LogP contribution in [0.3, 0.4) is 0 Å². The van der Waals surface area contributed by atoms with Crippen molar-refractivity contribution < 1.29 is 22.7 Å². The summed E-state index contributed by atoms with van der Waals surface area (Å²) in [6, 6.07) is 3.04. The van der Waals surface area contributed by atoms with E-state index in [1.807, 2.05) is 20.8 Å². The third-order valence-corrected chi connectivity index (χ3v) is 2.87. The second-order valence-corrected chi connectivity index (χ2v) is 5.56. The molecule has 0 radical (unpaired) electrons. The van der Waals surface area contributed by atoms with Crippen molar-refractivity contribution in [3.05, 3.63) is 41.3 Å². The smallest absolute Gasteiger partial charge is 0.376 e. The van der Waals surface area contributed by atoms with Gasteiger partial charge in [-0.1, -0.05) is 20.8 Å². The van der Waals surface area contributed by atoms with E-state index in [9.17, 15) is 13.6 Å². The van der Waals surface area contributed by atoms with Gasteiger partial charge in [-0.3, -0.25) is 0 Å². The monoisotopic (exact) mass is 295 g/mol. The summed E-state index contributed by atoms with van der Waals surface area (Å²) in [4.78, 5) is 15.9. The van der Waals surface area contributed by atoms with E-state index in [0.717, 1.165) is 12.1 Å². The summed E-state index contributed by atoms with van der Waals surface area (Å²) < 4.78 is 36.8. The Morgan fingerprint density at radius 1 is 1.29 bits per heavy atom. The fourth-order valence-corrected chi connectivity index (χ4v) is 1.84. The maximum atomic E-state index is 13.8. The first kappa shape index (κ1) is 15.2. The Balaban J connectivity index is 2.61. The molecule has 0 spiro atoms. The molecule has 0 aliphatic rings. The van der Waals surface area contributed by atoms with Crippen LogP contribution in [-0.2, 0) is 10.2 Å². The van der Waals surface area contributed by atoms with Gasteiger partial charge in [0.05, 0.1) is 12.7 Å². The first-order valence-corrected chi connectivity index (χ1v) is 6.29. The number of carbonyl (C=O) groups is 1. The molecule has 1 aromatic carbocycles. The Bertz CT molecular complexity index is 687. The van der Waals surface area contributed by atoms with E-state index >= 15 is 0 Å². The van der Waals surface area contributed by atoms with E-state index < -0.39 is 23.0 Å². The molecule has 2 aromatic rings. The SMILES string of the molecule is COC(=O)c1oc(-c2ccc(F)cc2F)nc1C(C)(C)C. The number of benzene rings is 1. The van der Waals surface area contributed by atoms with Crippen LogP contribution >= 0.6 is 0 Å². The predicted octanol–water partition coefficient (Wildman–Crippen LogP) is 3.70. The van der Waals surface area contributed by atoms with Crippen molar-refractivity contribution in [3.63, 3.8) is 0 Å². The number of carbonyl (C=O) groups excluding carboxylic acids is 1. The maximum Gasteiger partial charge on any atom is 0.376 e. The zero-order valence-corrected chi connectivity index (χ0v) is 12.2. The van der Waals surface area contributed by atoms with Crippen LogP contribution in [0.2, 0.25) is 0 Å². The molecule has 0 amide bonds. The van der Waals surface area contributed by atoms with Crippen LogP contribution < -0.4 is 0 Å². The standard InChI is InChI=1S/C15H15F2NO3/c1-15(2,3)12-11(14(19)20-4)21-13(18-12)9-6-5-8(16)7-10(9)17/h5-7H,1-4H3. The van der Waals surface area contributed by atoms with Gasteiger partial charge in [0.2, 0.25) is 11.7 Å². The number of methoxy groups -OCH3 is 1. The number of halogens is 2. The number of nitrogens with zero attached hydrogens (tertiary/aromatic N) is 1. The summed E-state index contributed by atoms with van der Waals surface area (Å²) in [5, 5.41) is 0. The lowest BCUT2D eigenvalue weighted by atomic mass is 9.91. The molecule has 0 saturated heterocycles. The fourth-order valence-electron chi connectivity index (χ4n) is 1.84. The summed E-state index contributed by atoms with van der Waals surface area (Å²) in [7, 11) is 1.22. The van der Waals surface area contributed by atoms with Gasteiger partial charge in [-0.2, -0.15) is 0 Å². The zero-order valence-electron chi connectivity index (χ0n) is 12.2. The molecule has 21 heavy (non-hydrogen) atoms. The number of ether oxygens (including phenoxy) is 1. The lowest BCUT2D eigenvalue weighted by Crippen LogP contribution is -2.17. The van der Waals surface area contributed by atoms with Gasteiger partial charge in [-0.25, -0.2) is 18.6 Å². The Kier molecular flexibility index (Phi) is 3.80. The topological polar surface area (TPSA) is 52.3 Å². The van der Waals surface area contributed by atoms with Crippen LogP contribution in [0.4, 0.5) is 8.78 Å². The molecule has 0 bridgehead atoms. The fraction of sp³-hybridized carbons (Fsp3) is 0.333. The van der Waals surface area contributed by atoms with Crippen molar-refractivity contribution in [1.82, 2.24) is 4.98 Å². The molecule has 6 heteroatoms. The summed E-state index contributed by atoms with van der Waals surface area (Å²) in [6.07, 6.45) is 0. The van der Waals surface area contributed by atoms with Crippen molar-refractivity contribution in [2.75, 3.05) is 7.11 Å². The van der Waals surface area contributed by atoms with E-state index in [-0.39, 0.29) is 17.2 Å². The molecule has 0 unspecified atom stereocenters. The Morgan fingerprint density at radius 2 is 1.95 bits per heavy atom. The molecule has 1 heterocycles. The van der Waals surface area contributed by atoms with Crippen molar-refractivity contribution in [1.29, 1.82) is 0 Å². The second-order valence-electron chi connectivity index (χ2n) is 5.56. The third kappa shape index (κ3) is 2.94. The van der Waals surface area contributed by atoms with Crippen LogP contribution in [0.5, 0.6) is 0 Å². The van der Waals surface area contributed by atoms with E-state index in [4.69, 9.17) is 4.42 Å². The minimum Gasteiger partial charge on any atom is -0.463 e. The highest BCUT2D eigenvalue weighted by molar-refractivity contribution is 5.88. The van der Waals surface area contributed by atoms with E-state index in [0.29, 0.717) is 5.69 Å². The van der Waals surface area contributed by atoms with Gasteiger partial charge in [-0.05, 0) is 12.1 Å². The van der Waals surface area contributed by atoms with Gasteiger partial charge in [0.1, 0.15) is 17.3 Å². The predicted molar refractivity (Wildman–Crippen MR) is 71.9 cm³/mol. The molecular formula is C15H15F2NO3. The highest BCUT2D eigenvalue weighted by atomic mass is 19.1. The lowest BCUT2D eigenvalue weighted by molar-refractivity contribution is 0.0562. The molecule has 112 valence electrons. The normalized spacial score (nSPS) is 11.5. The number of aromatic nitrogens is 1. The summed E-state index contributed by atoms with van der Waals surface area (Å²) in [6.45, 7) is 5.51. The third-order valence-electron chi connectivity index (χ3n) is 2.87. The molecule has 0 saturated carbocycles. The summed E-state index contributed by atoms with van der Waals surface area (Å²) in [5.41, 5.74) is -0.160. The van der Waals surface area contributed by atoms with E-state index in [2.05, 4.69) is 9.72 Å². The van der Waals surface area contributed by atoms with Gasteiger partial charge in [0.25, 0.3) is 0 Å². The Morgan fingerprint density at radius 3 is 2.48 bits per heavy atom. The van der Waals surface area contributed by atoms with E-state index in [1.54, 1.807) is 0 Å². The zero-order chi connectivity index (χ0) is 15.8. The van der Waals surface area contributed by atoms with Crippen LogP contribution in [0.1, 0.15) is 37.0 Å². The number of rotatable bonds is 2. The van der Waals surface area contributed by atoms with Crippen LogP contribution in [0, 0.1) is 11.6 Å². The van der Waals surface area contributed by atoms with Gasteiger partial charge >= 0.3 is 5.97 Å². The van der Waals surface area contributed by atoms with Gasteiger partial charge in [-0.15, -0.1) is 0 Å². The number of oxazole rings is 1. The number of hydrogen-bond acceptors (Lipinski definition) is 4. The van der Waals surface area contributed by atoms with Crippen LogP contribution in [0.15, 0.2) is 22.6 Å². The van der Waals surface area contributed by atoms with Gasteiger partial charge < -0.3 is 9.15 Å². The highest BCUT2D eigenvalue weighted by Gasteiger charge is 2.30. The van der Waals surface area contributed by atoms with E-state index in [1.165, 1.54) is 13.2 Å². The van der Waals surface area contributed by atoms with Crippen molar-refractivity contribution in [2.24, 2.45) is 0 Å². The van der Waals surface area contributed by atoms with Crippen LogP contribution in [-0.4, -0.2) is 18.1 Å². The van der Waals surface area contributed by atoms with Crippen molar-refractivity contribution in [2.45, 2.75) is 26.2 Å². The summed E-state index contributed by atoms with van der Waals surface area (Å²) >= 11 is 0. The van der Waals surface area contributed by atoms with Crippen molar-refractivity contribution in [3.8, 4) is 11.5 Å². The molecule has 2 rings (SSSR count). The Labute approximate surface area is 120 Å². The molecule has 0 aliphatic heterocycles. The molecule has 0 atom stereocenters. The molecule has 0 aliphatic carbocycles. The first-order chi connectivity index (χ1) is 9.74. The molecule has 1 aromatic heterocycles. The number of esters is 1. The first-order valence-electron chi connectivity index (χ1n) is 6.29. The maximum absolute atomic E-state index is 13.8. The molecule has 4 nitrogen and oxygen atoms in total. The summed E-state index contributed by atoms with van der Waals surface area (Å²) in [5.74, 6) is -2.37. The minimum atomic E-state index is -0.812. The molecule has 0 fully saturated rings. The quantitative estimate of drug-likeness (QED) is 0.793. The van der Waals surface area contributed by atoms with Crippen molar-refractivity contribution >= 4 is 5.97 Å². The van der Waals surface area contributed by atoms with Gasteiger partial charge in [0, 0.05) is 11.5 Å². The largest absolute Gasteiger partial charge is 0.463 e. The van der Waals surface area contributed by atoms with Crippen LogP contribution in [0.25, 0.3) is 11.5 Å². The highest BCUT2D eigenvalue weighted by Crippen LogP contribution is 2.31. The number of hydrogen-bond donors (Lipinski definition) is 0. The Hall–Kier alpha value is -2.24. The van der Waals surface area contributed by atoms with Gasteiger partial charge in [0.15, 0.2) is 0 Å². The second kappa shape index (κ2) is 5.27. The average Bonchev–Trinajstić information content (AvgIpc) is 2.82.